The minimum Gasteiger partial charge on any atom is -0.372 e. The zero-order valence-electron chi connectivity index (χ0n) is 15.7. The molecule has 6 nitrogen and oxygen atoms in total. The molecular weight excluding hydrogens is 348 g/mol. The summed E-state index contributed by atoms with van der Waals surface area (Å²) in [6, 6.07) is 1.67. The van der Waals surface area contributed by atoms with Crippen LogP contribution in [0.25, 0.3) is 4.96 Å². The summed E-state index contributed by atoms with van der Waals surface area (Å²) in [7, 11) is 0. The number of piperidine rings is 1. The molecule has 2 aromatic rings. The van der Waals surface area contributed by atoms with Crippen LogP contribution in [0.4, 0.5) is 0 Å². The lowest BCUT2D eigenvalue weighted by molar-refractivity contribution is -0.138. The van der Waals surface area contributed by atoms with Crippen molar-refractivity contribution in [1.29, 1.82) is 0 Å². The number of hydrogen-bond acceptors (Lipinski definition) is 6. The van der Waals surface area contributed by atoms with Gasteiger partial charge in [-0.25, -0.2) is 4.98 Å². The summed E-state index contributed by atoms with van der Waals surface area (Å²) < 4.78 is 7.87. The Bertz CT molecular complexity index is 807. The van der Waals surface area contributed by atoms with Gasteiger partial charge in [0, 0.05) is 56.9 Å². The largest absolute Gasteiger partial charge is 0.372 e. The second kappa shape index (κ2) is 7.38. The molecule has 2 fully saturated rings. The van der Waals surface area contributed by atoms with Gasteiger partial charge in [-0.2, -0.15) is 0 Å². The van der Waals surface area contributed by atoms with Gasteiger partial charge in [-0.05, 0) is 18.8 Å². The van der Waals surface area contributed by atoms with E-state index in [0.717, 1.165) is 62.8 Å². The quantitative estimate of drug-likeness (QED) is 0.818. The Morgan fingerprint density at radius 2 is 2.08 bits per heavy atom. The first-order chi connectivity index (χ1) is 12.5. The van der Waals surface area contributed by atoms with Crippen molar-refractivity contribution < 1.29 is 4.74 Å². The van der Waals surface area contributed by atoms with Crippen LogP contribution in [0.3, 0.4) is 0 Å². The lowest BCUT2D eigenvalue weighted by atomic mass is 9.89. The van der Waals surface area contributed by atoms with Crippen molar-refractivity contribution in [2.24, 2.45) is 5.92 Å². The molecule has 26 heavy (non-hydrogen) atoms. The molecule has 142 valence electrons. The Labute approximate surface area is 158 Å². The Morgan fingerprint density at radius 3 is 2.85 bits per heavy atom. The molecule has 0 atom stereocenters. The zero-order chi connectivity index (χ0) is 18.1. The molecule has 2 aliphatic rings. The molecule has 7 heteroatoms. The maximum atomic E-state index is 12.2. The zero-order valence-corrected chi connectivity index (χ0v) is 16.5. The number of nitrogens with zero attached hydrogens (tertiary/aromatic N) is 4. The first kappa shape index (κ1) is 18.1. The Balaban J connectivity index is 1.41. The first-order valence-corrected chi connectivity index (χ1v) is 10.5. The van der Waals surface area contributed by atoms with Crippen molar-refractivity contribution in [1.82, 2.24) is 19.2 Å². The predicted molar refractivity (Wildman–Crippen MR) is 104 cm³/mol. The third-order valence-electron chi connectivity index (χ3n) is 5.46. The lowest BCUT2D eigenvalue weighted by Gasteiger charge is -2.47. The number of aromatic nitrogens is 2. The van der Waals surface area contributed by atoms with Gasteiger partial charge < -0.3 is 9.64 Å². The summed E-state index contributed by atoms with van der Waals surface area (Å²) in [6.45, 7) is 11.3. The van der Waals surface area contributed by atoms with Gasteiger partial charge in [-0.1, -0.05) is 13.8 Å². The van der Waals surface area contributed by atoms with E-state index < -0.39 is 0 Å². The van der Waals surface area contributed by atoms with Crippen molar-refractivity contribution >= 4 is 16.3 Å². The molecule has 0 unspecified atom stereocenters. The maximum Gasteiger partial charge on any atom is 0.258 e. The van der Waals surface area contributed by atoms with E-state index in [-0.39, 0.29) is 11.2 Å². The summed E-state index contributed by atoms with van der Waals surface area (Å²) in [6.07, 6.45) is 3.97. The highest BCUT2D eigenvalue weighted by molar-refractivity contribution is 7.15. The van der Waals surface area contributed by atoms with Gasteiger partial charge in [0.1, 0.15) is 0 Å². The van der Waals surface area contributed by atoms with E-state index in [4.69, 9.17) is 4.74 Å². The summed E-state index contributed by atoms with van der Waals surface area (Å²) in [5.41, 5.74) is 0.858. The molecule has 4 rings (SSSR count). The van der Waals surface area contributed by atoms with Crippen molar-refractivity contribution in [3.63, 3.8) is 0 Å². The minimum absolute atomic E-state index is 0.0104. The summed E-state index contributed by atoms with van der Waals surface area (Å²) >= 11 is 1.51. The van der Waals surface area contributed by atoms with Gasteiger partial charge in [0.25, 0.3) is 5.56 Å². The van der Waals surface area contributed by atoms with E-state index in [2.05, 4.69) is 28.6 Å². The average molecular weight is 377 g/mol. The van der Waals surface area contributed by atoms with Crippen molar-refractivity contribution in [3.8, 4) is 0 Å². The van der Waals surface area contributed by atoms with Gasteiger partial charge in [0.2, 0.25) is 0 Å². The Hall–Kier alpha value is -1.28. The summed E-state index contributed by atoms with van der Waals surface area (Å²) in [5.74, 6) is 0.713. The molecule has 0 aromatic carbocycles. The molecule has 2 aromatic heterocycles. The highest BCUT2D eigenvalue weighted by atomic mass is 32.1. The number of fused-ring (bicyclic) bond motifs is 1. The van der Waals surface area contributed by atoms with Crippen LogP contribution in [0.15, 0.2) is 22.4 Å². The molecule has 0 aliphatic carbocycles. The number of morpholine rings is 1. The fourth-order valence-corrected chi connectivity index (χ4v) is 4.96. The van der Waals surface area contributed by atoms with E-state index in [1.807, 2.05) is 5.38 Å². The summed E-state index contributed by atoms with van der Waals surface area (Å²) in [5, 5.41) is 1.90. The fraction of sp³-hybridized carbons (Fsp3) is 0.684. The number of hydrogen-bond donors (Lipinski definition) is 0. The second-order valence-electron chi connectivity index (χ2n) is 8.08. The molecule has 2 aliphatic heterocycles. The highest BCUT2D eigenvalue weighted by Crippen LogP contribution is 2.31. The van der Waals surface area contributed by atoms with Crippen LogP contribution in [0, 0.1) is 5.92 Å². The van der Waals surface area contributed by atoms with Crippen LogP contribution in [-0.2, 0) is 11.3 Å². The first-order valence-electron chi connectivity index (χ1n) is 9.57. The Kier molecular flexibility index (Phi) is 5.14. The van der Waals surface area contributed by atoms with Crippen LogP contribution in [0.1, 0.15) is 32.4 Å². The number of likely N-dealkylation sites (tertiary alicyclic amines) is 1. The molecule has 0 N–H and O–H groups in total. The third kappa shape index (κ3) is 3.86. The van der Waals surface area contributed by atoms with Crippen molar-refractivity contribution in [2.75, 3.05) is 39.3 Å². The number of thiazole rings is 1. The molecule has 0 radical (unpaired) electrons. The van der Waals surface area contributed by atoms with Gasteiger partial charge in [0.05, 0.1) is 17.9 Å². The average Bonchev–Trinajstić information content (AvgIpc) is 3.06. The topological polar surface area (TPSA) is 50.1 Å². The molecule has 1 spiro atoms. The van der Waals surface area contributed by atoms with E-state index >= 15 is 0 Å². The molecule has 0 saturated carbocycles. The van der Waals surface area contributed by atoms with Crippen molar-refractivity contribution in [2.45, 2.75) is 38.8 Å². The predicted octanol–water partition coefficient (Wildman–Crippen LogP) is 2.08. The third-order valence-corrected chi connectivity index (χ3v) is 6.22. The molecular formula is C19H28N4O2S. The standard InChI is InChI=1S/C19H28N4O2S/c1-15(2)12-21-5-3-19(4-6-21)14-22(7-9-25-19)13-16-11-17(24)23-8-10-26-18(23)20-16/h8,10-11,15H,3-7,9,12-14H2,1-2H3. The van der Waals surface area contributed by atoms with Crippen LogP contribution >= 0.6 is 11.3 Å². The highest BCUT2D eigenvalue weighted by Gasteiger charge is 2.39. The lowest BCUT2D eigenvalue weighted by Crippen LogP contribution is -2.56. The fourth-order valence-electron chi connectivity index (χ4n) is 4.22. The molecule has 2 saturated heterocycles. The van der Waals surface area contributed by atoms with Gasteiger partial charge in [-0.15, -0.1) is 11.3 Å². The van der Waals surface area contributed by atoms with E-state index in [9.17, 15) is 4.79 Å². The molecule has 0 amide bonds. The van der Waals surface area contributed by atoms with Crippen LogP contribution in [0.5, 0.6) is 0 Å². The smallest absolute Gasteiger partial charge is 0.258 e. The van der Waals surface area contributed by atoms with Gasteiger partial charge in [-0.3, -0.25) is 14.1 Å². The van der Waals surface area contributed by atoms with Gasteiger partial charge >= 0.3 is 0 Å². The van der Waals surface area contributed by atoms with Crippen molar-refractivity contribution in [3.05, 3.63) is 33.7 Å². The Morgan fingerprint density at radius 1 is 1.27 bits per heavy atom. The molecule has 0 bridgehead atoms. The van der Waals surface area contributed by atoms with Gasteiger partial charge in [0.15, 0.2) is 4.96 Å². The molecule has 4 heterocycles. The SMILES string of the molecule is CC(C)CN1CCC2(CC1)CN(Cc1cc(=O)n3ccsc3n1)CCO2. The van der Waals surface area contributed by atoms with Crippen LogP contribution in [-0.4, -0.2) is 64.1 Å². The monoisotopic (exact) mass is 376 g/mol. The van der Waals surface area contributed by atoms with E-state index in [0.29, 0.717) is 5.92 Å². The van der Waals surface area contributed by atoms with Crippen LogP contribution < -0.4 is 5.56 Å². The van der Waals surface area contributed by atoms with E-state index in [1.54, 1.807) is 16.7 Å². The second-order valence-corrected chi connectivity index (χ2v) is 8.95. The van der Waals surface area contributed by atoms with Crippen LogP contribution in [0.2, 0.25) is 0 Å². The summed E-state index contributed by atoms with van der Waals surface area (Å²) in [4.78, 5) is 22.6. The normalized spacial score (nSPS) is 21.8. The maximum absolute atomic E-state index is 12.2. The van der Waals surface area contributed by atoms with E-state index in [1.165, 1.54) is 17.9 Å². The number of rotatable bonds is 4. The minimum atomic E-state index is -0.0200. The number of ether oxygens (including phenoxy) is 1.